The number of likely N-dealkylation sites (tertiary alicyclic amines) is 1. The second-order valence-electron chi connectivity index (χ2n) is 7.32. The summed E-state index contributed by atoms with van der Waals surface area (Å²) in [6.07, 6.45) is 2.29. The van der Waals surface area contributed by atoms with Crippen molar-refractivity contribution in [3.63, 3.8) is 0 Å². The van der Waals surface area contributed by atoms with Gasteiger partial charge in [0.05, 0.1) is 6.54 Å². The van der Waals surface area contributed by atoms with Gasteiger partial charge in [0.2, 0.25) is 17.7 Å². The molecule has 29 heavy (non-hydrogen) atoms. The normalized spacial score (nSPS) is 20.2. The SMILES string of the molecule is O=C(NCc1noc([C@@H]2CCC(=O)N2Cc2ccccc2F)n1)C1CCOCC1. The Morgan fingerprint density at radius 2 is 2.03 bits per heavy atom. The molecule has 0 bridgehead atoms. The second kappa shape index (κ2) is 8.69. The fraction of sp³-hybridized carbons (Fsp3) is 0.500. The summed E-state index contributed by atoms with van der Waals surface area (Å²) in [5.41, 5.74) is 0.441. The molecule has 8 nitrogen and oxygen atoms in total. The number of nitrogens with one attached hydrogen (secondary N) is 1. The minimum Gasteiger partial charge on any atom is -0.381 e. The van der Waals surface area contributed by atoms with E-state index in [-0.39, 0.29) is 36.6 Å². The summed E-state index contributed by atoms with van der Waals surface area (Å²) in [6.45, 7) is 1.50. The van der Waals surface area contributed by atoms with Crippen molar-refractivity contribution in [1.82, 2.24) is 20.4 Å². The van der Waals surface area contributed by atoms with E-state index in [1.807, 2.05) is 0 Å². The summed E-state index contributed by atoms with van der Waals surface area (Å²) in [7, 11) is 0. The Labute approximate surface area is 167 Å². The fourth-order valence-electron chi connectivity index (χ4n) is 3.74. The van der Waals surface area contributed by atoms with Gasteiger partial charge in [0, 0.05) is 37.7 Å². The zero-order chi connectivity index (χ0) is 20.2. The smallest absolute Gasteiger partial charge is 0.249 e. The van der Waals surface area contributed by atoms with Crippen molar-refractivity contribution in [1.29, 1.82) is 0 Å². The molecule has 2 aliphatic rings. The number of aromatic nitrogens is 2. The van der Waals surface area contributed by atoms with Crippen molar-refractivity contribution in [2.24, 2.45) is 5.92 Å². The molecule has 1 atom stereocenters. The molecule has 0 saturated carbocycles. The van der Waals surface area contributed by atoms with E-state index in [0.29, 0.717) is 56.2 Å². The number of carbonyl (C=O) groups is 2. The average Bonchev–Trinajstić information content (AvgIpc) is 3.35. The summed E-state index contributed by atoms with van der Waals surface area (Å²) >= 11 is 0. The molecule has 3 heterocycles. The highest BCUT2D eigenvalue weighted by Crippen LogP contribution is 2.33. The summed E-state index contributed by atoms with van der Waals surface area (Å²) < 4.78 is 24.6. The van der Waals surface area contributed by atoms with Crippen LogP contribution >= 0.6 is 0 Å². The van der Waals surface area contributed by atoms with E-state index in [9.17, 15) is 14.0 Å². The number of benzene rings is 1. The van der Waals surface area contributed by atoms with Gasteiger partial charge >= 0.3 is 0 Å². The molecular formula is C20H23FN4O4. The van der Waals surface area contributed by atoms with Gasteiger partial charge in [-0.05, 0) is 25.3 Å². The van der Waals surface area contributed by atoms with Gasteiger partial charge in [0.1, 0.15) is 11.9 Å². The first-order valence-corrected chi connectivity index (χ1v) is 9.82. The number of rotatable bonds is 6. The third-order valence-corrected chi connectivity index (χ3v) is 5.41. The molecule has 2 fully saturated rings. The van der Waals surface area contributed by atoms with Gasteiger partial charge in [-0.2, -0.15) is 4.98 Å². The maximum atomic E-state index is 14.0. The highest BCUT2D eigenvalue weighted by molar-refractivity contribution is 5.79. The lowest BCUT2D eigenvalue weighted by Gasteiger charge is -2.22. The first-order valence-electron chi connectivity index (χ1n) is 9.82. The lowest BCUT2D eigenvalue weighted by atomic mass is 9.99. The number of amides is 2. The number of carbonyl (C=O) groups excluding carboxylic acids is 2. The molecule has 154 valence electrons. The van der Waals surface area contributed by atoms with Crippen LogP contribution in [0.1, 0.15) is 49.0 Å². The standard InChI is InChI=1S/C20H23FN4O4/c21-15-4-2-1-3-14(15)12-25-16(5-6-18(25)26)20-23-17(24-29-20)11-22-19(27)13-7-9-28-10-8-13/h1-4,13,16H,5-12H2,(H,22,27)/t16-/m0/s1. The average molecular weight is 402 g/mol. The van der Waals surface area contributed by atoms with E-state index >= 15 is 0 Å². The molecule has 2 saturated heterocycles. The van der Waals surface area contributed by atoms with Gasteiger partial charge < -0.3 is 19.5 Å². The highest BCUT2D eigenvalue weighted by Gasteiger charge is 2.36. The Hall–Kier alpha value is -2.81. The molecule has 0 aliphatic carbocycles. The van der Waals surface area contributed by atoms with Crippen LogP contribution in [0.4, 0.5) is 4.39 Å². The van der Waals surface area contributed by atoms with Gasteiger partial charge in [-0.15, -0.1) is 0 Å². The molecule has 0 spiro atoms. The van der Waals surface area contributed by atoms with Crippen LogP contribution < -0.4 is 5.32 Å². The van der Waals surface area contributed by atoms with Gasteiger partial charge in [0.25, 0.3) is 0 Å². The molecule has 1 N–H and O–H groups in total. The second-order valence-corrected chi connectivity index (χ2v) is 7.32. The van der Waals surface area contributed by atoms with Crippen molar-refractivity contribution < 1.29 is 23.2 Å². The summed E-state index contributed by atoms with van der Waals surface area (Å²) in [6, 6.07) is 5.98. The van der Waals surface area contributed by atoms with E-state index < -0.39 is 6.04 Å². The molecule has 2 amide bonds. The van der Waals surface area contributed by atoms with Crippen LogP contribution in [0.2, 0.25) is 0 Å². The first kappa shape index (κ1) is 19.5. The van der Waals surface area contributed by atoms with E-state index in [1.165, 1.54) is 6.07 Å². The minimum atomic E-state index is -0.394. The van der Waals surface area contributed by atoms with Gasteiger partial charge in [0.15, 0.2) is 5.82 Å². The van der Waals surface area contributed by atoms with Crippen molar-refractivity contribution in [3.8, 4) is 0 Å². The first-order chi connectivity index (χ1) is 14.1. The molecule has 2 aliphatic heterocycles. The predicted octanol–water partition coefficient (Wildman–Crippen LogP) is 2.12. The Bertz CT molecular complexity index is 881. The van der Waals surface area contributed by atoms with Gasteiger partial charge in [-0.25, -0.2) is 4.39 Å². The van der Waals surface area contributed by atoms with Gasteiger partial charge in [-0.3, -0.25) is 9.59 Å². The third kappa shape index (κ3) is 4.45. The number of hydrogen-bond acceptors (Lipinski definition) is 6. The quantitative estimate of drug-likeness (QED) is 0.795. The van der Waals surface area contributed by atoms with Crippen LogP contribution in [0.25, 0.3) is 0 Å². The number of halogens is 1. The van der Waals surface area contributed by atoms with Crippen LogP contribution in [-0.4, -0.2) is 40.1 Å². The summed E-state index contributed by atoms with van der Waals surface area (Å²) in [4.78, 5) is 30.5. The highest BCUT2D eigenvalue weighted by atomic mass is 19.1. The zero-order valence-electron chi connectivity index (χ0n) is 16.0. The van der Waals surface area contributed by atoms with Crippen LogP contribution in [0.15, 0.2) is 28.8 Å². The molecule has 1 aromatic carbocycles. The summed E-state index contributed by atoms with van der Waals surface area (Å²) in [5, 5.41) is 6.75. The number of nitrogens with zero attached hydrogens (tertiary/aromatic N) is 3. The van der Waals surface area contributed by atoms with Crippen molar-refractivity contribution in [3.05, 3.63) is 47.4 Å². The topological polar surface area (TPSA) is 97.6 Å². The largest absolute Gasteiger partial charge is 0.381 e. The Morgan fingerprint density at radius 1 is 1.24 bits per heavy atom. The number of hydrogen-bond donors (Lipinski definition) is 1. The fourth-order valence-corrected chi connectivity index (χ4v) is 3.74. The van der Waals surface area contributed by atoms with E-state index in [2.05, 4.69) is 15.5 Å². The molecule has 4 rings (SSSR count). The molecular weight excluding hydrogens is 379 g/mol. The monoisotopic (exact) mass is 402 g/mol. The minimum absolute atomic E-state index is 0.0446. The van der Waals surface area contributed by atoms with Gasteiger partial charge in [-0.1, -0.05) is 23.4 Å². The van der Waals surface area contributed by atoms with Crippen molar-refractivity contribution >= 4 is 11.8 Å². The van der Waals surface area contributed by atoms with Crippen LogP contribution in [-0.2, 0) is 27.4 Å². The predicted molar refractivity (Wildman–Crippen MR) is 98.6 cm³/mol. The molecule has 0 radical (unpaired) electrons. The molecule has 1 aromatic heterocycles. The zero-order valence-corrected chi connectivity index (χ0v) is 16.0. The Morgan fingerprint density at radius 3 is 2.83 bits per heavy atom. The van der Waals surface area contributed by atoms with Crippen LogP contribution in [0, 0.1) is 11.7 Å². The maximum Gasteiger partial charge on any atom is 0.249 e. The van der Waals surface area contributed by atoms with E-state index in [0.717, 1.165) is 0 Å². The molecule has 0 unspecified atom stereocenters. The number of ether oxygens (including phenoxy) is 1. The lowest BCUT2D eigenvalue weighted by molar-refractivity contribution is -0.130. The maximum absolute atomic E-state index is 14.0. The van der Waals surface area contributed by atoms with E-state index in [1.54, 1.807) is 23.1 Å². The van der Waals surface area contributed by atoms with Crippen LogP contribution in [0.3, 0.4) is 0 Å². The third-order valence-electron chi connectivity index (χ3n) is 5.41. The van der Waals surface area contributed by atoms with Crippen molar-refractivity contribution in [2.45, 2.75) is 44.8 Å². The Kier molecular flexibility index (Phi) is 5.84. The lowest BCUT2D eigenvalue weighted by Crippen LogP contribution is -2.34. The van der Waals surface area contributed by atoms with E-state index in [4.69, 9.17) is 9.26 Å². The van der Waals surface area contributed by atoms with Crippen molar-refractivity contribution in [2.75, 3.05) is 13.2 Å². The molecule has 2 aromatic rings. The molecule has 9 heteroatoms. The van der Waals surface area contributed by atoms with Crippen LogP contribution in [0.5, 0.6) is 0 Å². The summed E-state index contributed by atoms with van der Waals surface area (Å²) in [5.74, 6) is 0.127. The Balaban J connectivity index is 1.39.